The number of aromatic nitrogens is 4. The van der Waals surface area contributed by atoms with Gasteiger partial charge in [-0.3, -0.25) is 43.6 Å². The van der Waals surface area contributed by atoms with Gasteiger partial charge in [-0.25, -0.2) is 0 Å². The Morgan fingerprint density at radius 2 is 1.69 bits per heavy atom. The molecule has 16 heteroatoms. The quantitative estimate of drug-likeness (QED) is 0.228. The van der Waals surface area contributed by atoms with E-state index < -0.39 is 52.9 Å². The molecule has 7 rings (SSSR count). The number of fused-ring (bicyclic) bond motifs is 1. The van der Waals surface area contributed by atoms with Crippen LogP contribution < -0.4 is 15.5 Å². The lowest BCUT2D eigenvalue weighted by Crippen LogP contribution is -2.54. The molecule has 0 radical (unpaired) electrons. The third kappa shape index (κ3) is 6.18. The molecule has 0 aliphatic carbocycles. The van der Waals surface area contributed by atoms with Gasteiger partial charge in [0.25, 0.3) is 17.7 Å². The van der Waals surface area contributed by atoms with Gasteiger partial charge < -0.3 is 10.2 Å². The molecule has 1 atom stereocenters. The fourth-order valence-corrected chi connectivity index (χ4v) is 6.32. The summed E-state index contributed by atoms with van der Waals surface area (Å²) in [5.41, 5.74) is 0.347. The molecule has 3 aliphatic heterocycles. The van der Waals surface area contributed by atoms with Gasteiger partial charge in [0, 0.05) is 61.5 Å². The molecular formula is C36H31F3N8O5. The molecule has 2 aromatic heterocycles. The van der Waals surface area contributed by atoms with Gasteiger partial charge in [-0.1, -0.05) is 11.8 Å². The molecule has 52 heavy (non-hydrogen) atoms. The normalized spacial score (nSPS) is 17.8. The van der Waals surface area contributed by atoms with Crippen molar-refractivity contribution < 1.29 is 37.1 Å². The van der Waals surface area contributed by atoms with E-state index in [0.717, 1.165) is 22.7 Å². The van der Waals surface area contributed by atoms with Crippen molar-refractivity contribution in [3.05, 3.63) is 83.4 Å². The number of imide groups is 2. The van der Waals surface area contributed by atoms with E-state index in [-0.39, 0.29) is 41.1 Å². The molecule has 0 spiro atoms. The van der Waals surface area contributed by atoms with Crippen LogP contribution in [0.15, 0.2) is 61.2 Å². The molecule has 2 saturated heterocycles. The smallest absolute Gasteiger partial charge is 0.369 e. The van der Waals surface area contributed by atoms with Crippen molar-refractivity contribution in [3.63, 3.8) is 0 Å². The number of nitrogens with zero attached hydrogens (tertiary/aromatic N) is 6. The van der Waals surface area contributed by atoms with Crippen molar-refractivity contribution in [1.82, 2.24) is 29.8 Å². The topological polar surface area (TPSA) is 152 Å². The predicted molar refractivity (Wildman–Crippen MR) is 180 cm³/mol. The van der Waals surface area contributed by atoms with E-state index in [2.05, 4.69) is 32.7 Å². The maximum atomic E-state index is 13.5. The highest BCUT2D eigenvalue weighted by Crippen LogP contribution is 2.37. The van der Waals surface area contributed by atoms with Gasteiger partial charge in [0.1, 0.15) is 11.6 Å². The minimum absolute atomic E-state index is 0.0178. The monoisotopic (exact) mass is 712 g/mol. The summed E-state index contributed by atoms with van der Waals surface area (Å²) < 4.78 is 43.4. The zero-order chi connectivity index (χ0) is 37.1. The number of aryl methyl sites for hydroxylation is 1. The van der Waals surface area contributed by atoms with Crippen molar-refractivity contribution >= 4 is 40.9 Å². The number of halogens is 3. The molecule has 1 unspecified atom stereocenters. The van der Waals surface area contributed by atoms with Gasteiger partial charge >= 0.3 is 6.18 Å². The van der Waals surface area contributed by atoms with E-state index in [1.807, 2.05) is 4.90 Å². The molecule has 2 fully saturated rings. The Kier molecular flexibility index (Phi) is 8.24. The van der Waals surface area contributed by atoms with Crippen LogP contribution >= 0.6 is 0 Å². The summed E-state index contributed by atoms with van der Waals surface area (Å²) in [6.07, 6.45) is 1.67. The van der Waals surface area contributed by atoms with Gasteiger partial charge in [0.15, 0.2) is 0 Å². The van der Waals surface area contributed by atoms with E-state index in [4.69, 9.17) is 0 Å². The second-order valence-electron chi connectivity index (χ2n) is 13.4. The van der Waals surface area contributed by atoms with Crippen molar-refractivity contribution in [3.8, 4) is 23.0 Å². The first kappa shape index (κ1) is 34.2. The van der Waals surface area contributed by atoms with Gasteiger partial charge in [-0.2, -0.15) is 23.4 Å². The second-order valence-corrected chi connectivity index (χ2v) is 13.4. The molecule has 0 saturated carbocycles. The van der Waals surface area contributed by atoms with Crippen molar-refractivity contribution in [2.24, 2.45) is 13.0 Å². The highest BCUT2D eigenvalue weighted by Gasteiger charge is 2.45. The Morgan fingerprint density at radius 1 is 0.942 bits per heavy atom. The summed E-state index contributed by atoms with van der Waals surface area (Å²) in [4.78, 5) is 66.5. The van der Waals surface area contributed by atoms with Crippen molar-refractivity contribution in [1.29, 1.82) is 0 Å². The summed E-state index contributed by atoms with van der Waals surface area (Å²) in [6.45, 7) is 4.37. The number of piperidine rings is 1. The van der Waals surface area contributed by atoms with Crippen LogP contribution in [0.2, 0.25) is 0 Å². The number of carbonyl (C=O) groups is 5. The highest BCUT2D eigenvalue weighted by atomic mass is 19.4. The highest BCUT2D eigenvalue weighted by molar-refractivity contribution is 6.23. The summed E-state index contributed by atoms with van der Waals surface area (Å²) in [7, 11) is 1.64. The molecule has 266 valence electrons. The number of nitrogens with one attached hydrogen (secondary N) is 2. The van der Waals surface area contributed by atoms with E-state index in [1.165, 1.54) is 27.8 Å². The van der Waals surface area contributed by atoms with E-state index in [0.29, 0.717) is 24.2 Å². The Labute approximate surface area is 294 Å². The first-order chi connectivity index (χ1) is 24.6. The number of carbonyl (C=O) groups excluding carboxylic acids is 5. The number of benzene rings is 2. The summed E-state index contributed by atoms with van der Waals surface area (Å²) >= 11 is 0. The first-order valence-electron chi connectivity index (χ1n) is 16.3. The lowest BCUT2D eigenvalue weighted by molar-refractivity contribution is -0.138. The average molecular weight is 713 g/mol. The van der Waals surface area contributed by atoms with Crippen molar-refractivity contribution in [2.75, 3.05) is 23.3 Å². The van der Waals surface area contributed by atoms with Crippen LogP contribution in [-0.4, -0.2) is 73.1 Å². The largest absolute Gasteiger partial charge is 0.416 e. The van der Waals surface area contributed by atoms with Crippen LogP contribution in [0.4, 0.5) is 24.5 Å². The molecule has 0 bridgehead atoms. The molecule has 5 amide bonds. The summed E-state index contributed by atoms with van der Waals surface area (Å²) in [5, 5.41) is 13.3. The third-order valence-corrected chi connectivity index (χ3v) is 9.41. The van der Waals surface area contributed by atoms with Crippen LogP contribution in [-0.2, 0) is 33.1 Å². The standard InChI is InChI=1S/C36H31F3N8O5/c1-35(2,34(52)42-28-9-6-23(36(37,38)39)12-26(28)22-15-40-44(3)19-22)46-18-20(14-41-46)4-5-21-16-45(17-21)24-7-8-25-27(13-24)33(51)47(32(25)50)29-10-11-30(48)43-31(29)49/h6-9,12-15,18-19,21,29H,10-11,16-17H2,1-3H3,(H,42,52)(H,43,48,49). The number of hydrogen-bond acceptors (Lipinski definition) is 8. The number of anilines is 2. The maximum absolute atomic E-state index is 13.5. The van der Waals surface area contributed by atoms with Crippen LogP contribution in [0.5, 0.6) is 0 Å². The number of alkyl halides is 3. The fraction of sp³-hybridized carbons (Fsp3) is 0.306. The predicted octanol–water partition coefficient (Wildman–Crippen LogP) is 3.57. The third-order valence-electron chi connectivity index (χ3n) is 9.41. The van der Waals surface area contributed by atoms with Gasteiger partial charge in [0.05, 0.1) is 40.6 Å². The first-order valence-corrected chi connectivity index (χ1v) is 16.3. The Morgan fingerprint density at radius 3 is 2.38 bits per heavy atom. The van der Waals surface area contributed by atoms with E-state index in [9.17, 15) is 37.1 Å². The van der Waals surface area contributed by atoms with E-state index >= 15 is 0 Å². The lowest BCUT2D eigenvalue weighted by Gasteiger charge is -2.38. The zero-order valence-corrected chi connectivity index (χ0v) is 28.1. The fourth-order valence-electron chi connectivity index (χ4n) is 6.32. The van der Waals surface area contributed by atoms with Crippen LogP contribution in [0.3, 0.4) is 0 Å². The molecular weight excluding hydrogens is 681 g/mol. The number of rotatable bonds is 6. The molecule has 4 aromatic rings. The molecule has 2 aromatic carbocycles. The van der Waals surface area contributed by atoms with E-state index in [1.54, 1.807) is 51.5 Å². The Hall–Kier alpha value is -6.24. The second kappa shape index (κ2) is 12.5. The van der Waals surface area contributed by atoms with Gasteiger partial charge in [-0.15, -0.1) is 0 Å². The van der Waals surface area contributed by atoms with Crippen molar-refractivity contribution in [2.45, 2.75) is 44.4 Å². The Balaban J connectivity index is 0.995. The Bertz CT molecular complexity index is 2240. The minimum atomic E-state index is -4.57. The molecule has 2 N–H and O–H groups in total. The average Bonchev–Trinajstić information content (AvgIpc) is 3.79. The number of hydrogen-bond donors (Lipinski definition) is 2. The summed E-state index contributed by atoms with van der Waals surface area (Å²) in [5.74, 6) is 3.50. The van der Waals surface area contributed by atoms with Crippen LogP contribution in [0.1, 0.15) is 58.5 Å². The summed E-state index contributed by atoms with van der Waals surface area (Å²) in [6, 6.07) is 7.01. The maximum Gasteiger partial charge on any atom is 0.416 e. The molecule has 5 heterocycles. The molecule has 13 nitrogen and oxygen atoms in total. The zero-order valence-electron chi connectivity index (χ0n) is 28.1. The van der Waals surface area contributed by atoms with Gasteiger partial charge in [0.2, 0.25) is 11.8 Å². The van der Waals surface area contributed by atoms with Gasteiger partial charge in [-0.05, 0) is 56.7 Å². The number of amides is 5. The SMILES string of the molecule is Cn1cc(-c2cc(C(F)(F)F)ccc2NC(=O)C(C)(C)n2cc(C#CC3CN(c4ccc5c(c4)C(=O)N(C4CCC(=O)NC4=O)C5=O)C3)cn2)cn1. The molecule has 3 aliphatic rings. The van der Waals surface area contributed by atoms with Crippen LogP contribution in [0.25, 0.3) is 11.1 Å². The minimum Gasteiger partial charge on any atom is -0.369 e. The lowest BCUT2D eigenvalue weighted by atomic mass is 9.98. The van der Waals surface area contributed by atoms with Crippen LogP contribution in [0, 0.1) is 17.8 Å².